The summed E-state index contributed by atoms with van der Waals surface area (Å²) < 4.78 is 0.815. The molecule has 1 amide bonds. The van der Waals surface area contributed by atoms with Crippen LogP contribution in [0.1, 0.15) is 23.2 Å². The van der Waals surface area contributed by atoms with Gasteiger partial charge in [-0.2, -0.15) is 0 Å². The minimum atomic E-state index is 0.0553. The van der Waals surface area contributed by atoms with E-state index >= 15 is 0 Å². The zero-order chi connectivity index (χ0) is 12.4. The van der Waals surface area contributed by atoms with Gasteiger partial charge in [0.15, 0.2) is 0 Å². The molecule has 0 aliphatic carbocycles. The van der Waals surface area contributed by atoms with Crippen LogP contribution < -0.4 is 5.73 Å². The Morgan fingerprint density at radius 3 is 2.71 bits per heavy atom. The fourth-order valence-corrected chi connectivity index (χ4v) is 2.57. The van der Waals surface area contributed by atoms with E-state index in [1.165, 1.54) is 0 Å². The highest BCUT2D eigenvalue weighted by Crippen LogP contribution is 2.23. The second kappa shape index (κ2) is 5.42. The predicted octanol–water partition coefficient (Wildman–Crippen LogP) is 2.30. The third-order valence-electron chi connectivity index (χ3n) is 3.01. The SMILES string of the molecule is NC1CCN(C(=O)c2cc(S)ccc2Br)CC1. The van der Waals surface area contributed by atoms with Gasteiger partial charge < -0.3 is 10.6 Å². The summed E-state index contributed by atoms with van der Waals surface area (Å²) in [5, 5.41) is 0. The van der Waals surface area contributed by atoms with E-state index in [9.17, 15) is 4.79 Å². The summed E-state index contributed by atoms with van der Waals surface area (Å²) in [6.07, 6.45) is 1.76. The fraction of sp³-hybridized carbons (Fsp3) is 0.417. The van der Waals surface area contributed by atoms with Crippen molar-refractivity contribution in [2.24, 2.45) is 5.73 Å². The van der Waals surface area contributed by atoms with Gasteiger partial charge in [0, 0.05) is 28.5 Å². The highest BCUT2D eigenvalue weighted by atomic mass is 79.9. The van der Waals surface area contributed by atoms with Gasteiger partial charge in [-0.25, -0.2) is 0 Å². The molecule has 0 radical (unpaired) electrons. The number of halogens is 1. The molecule has 0 spiro atoms. The van der Waals surface area contributed by atoms with Gasteiger partial charge >= 0.3 is 0 Å². The molecule has 1 aliphatic rings. The lowest BCUT2D eigenvalue weighted by Gasteiger charge is -2.30. The lowest BCUT2D eigenvalue weighted by molar-refractivity contribution is 0.0713. The number of nitrogens with zero attached hydrogens (tertiary/aromatic N) is 1. The van der Waals surface area contributed by atoms with Crippen LogP contribution in [0.4, 0.5) is 0 Å². The predicted molar refractivity (Wildman–Crippen MR) is 74.5 cm³/mol. The molecule has 1 aromatic rings. The van der Waals surface area contributed by atoms with Crippen molar-refractivity contribution in [2.75, 3.05) is 13.1 Å². The van der Waals surface area contributed by atoms with E-state index in [1.54, 1.807) is 6.07 Å². The van der Waals surface area contributed by atoms with Gasteiger partial charge in [0.1, 0.15) is 0 Å². The van der Waals surface area contributed by atoms with E-state index in [-0.39, 0.29) is 11.9 Å². The summed E-state index contributed by atoms with van der Waals surface area (Å²) in [6, 6.07) is 5.74. The Hall–Kier alpha value is -0.520. The summed E-state index contributed by atoms with van der Waals surface area (Å²) >= 11 is 7.67. The minimum absolute atomic E-state index is 0.0553. The van der Waals surface area contributed by atoms with Crippen LogP contribution in [0.15, 0.2) is 27.6 Å². The van der Waals surface area contributed by atoms with E-state index in [1.807, 2.05) is 17.0 Å². The van der Waals surface area contributed by atoms with Crippen molar-refractivity contribution in [2.45, 2.75) is 23.8 Å². The van der Waals surface area contributed by atoms with Crippen molar-refractivity contribution in [1.82, 2.24) is 4.90 Å². The van der Waals surface area contributed by atoms with Crippen LogP contribution >= 0.6 is 28.6 Å². The number of rotatable bonds is 1. The van der Waals surface area contributed by atoms with E-state index in [2.05, 4.69) is 28.6 Å². The molecular formula is C12H15BrN2OS. The van der Waals surface area contributed by atoms with Crippen molar-refractivity contribution in [3.8, 4) is 0 Å². The maximum Gasteiger partial charge on any atom is 0.255 e. The molecule has 2 N–H and O–H groups in total. The van der Waals surface area contributed by atoms with Crippen LogP contribution in [0.5, 0.6) is 0 Å². The molecule has 1 aliphatic heterocycles. The number of benzene rings is 1. The Morgan fingerprint density at radius 2 is 2.06 bits per heavy atom. The Bertz CT molecular complexity index is 431. The smallest absolute Gasteiger partial charge is 0.255 e. The lowest BCUT2D eigenvalue weighted by Crippen LogP contribution is -2.42. The number of carbonyl (C=O) groups is 1. The highest BCUT2D eigenvalue weighted by molar-refractivity contribution is 9.10. The standard InChI is InChI=1S/C12H15BrN2OS/c13-11-2-1-9(17)7-10(11)12(16)15-5-3-8(14)4-6-15/h1-2,7-8,17H,3-6,14H2. The topological polar surface area (TPSA) is 46.3 Å². The van der Waals surface area contributed by atoms with Crippen LogP contribution in [-0.4, -0.2) is 29.9 Å². The first-order valence-electron chi connectivity index (χ1n) is 5.61. The molecule has 0 aromatic heterocycles. The Labute approximate surface area is 115 Å². The molecule has 3 nitrogen and oxygen atoms in total. The summed E-state index contributed by atoms with van der Waals surface area (Å²) in [6.45, 7) is 1.48. The summed E-state index contributed by atoms with van der Waals surface area (Å²) in [7, 11) is 0. The van der Waals surface area contributed by atoms with E-state index in [0.717, 1.165) is 35.3 Å². The Balaban J connectivity index is 2.16. The average Bonchev–Trinajstić information content (AvgIpc) is 2.32. The first kappa shape index (κ1) is 12.9. The van der Waals surface area contributed by atoms with Crippen LogP contribution in [0.3, 0.4) is 0 Å². The van der Waals surface area contributed by atoms with Gasteiger partial charge in [-0.3, -0.25) is 4.79 Å². The van der Waals surface area contributed by atoms with E-state index in [0.29, 0.717) is 5.56 Å². The number of piperidine rings is 1. The second-order valence-corrected chi connectivity index (χ2v) is 5.66. The molecule has 17 heavy (non-hydrogen) atoms. The number of hydrogen-bond donors (Lipinski definition) is 2. The zero-order valence-electron chi connectivity index (χ0n) is 9.40. The first-order chi connectivity index (χ1) is 8.08. The molecule has 0 saturated carbocycles. The zero-order valence-corrected chi connectivity index (χ0v) is 11.9. The van der Waals surface area contributed by atoms with Crippen molar-refractivity contribution in [1.29, 1.82) is 0 Å². The number of nitrogens with two attached hydrogens (primary N) is 1. The van der Waals surface area contributed by atoms with Crippen molar-refractivity contribution in [3.05, 3.63) is 28.2 Å². The molecule has 0 bridgehead atoms. The second-order valence-electron chi connectivity index (χ2n) is 4.29. The van der Waals surface area contributed by atoms with Crippen LogP contribution in [0.2, 0.25) is 0 Å². The maximum atomic E-state index is 12.3. The molecule has 92 valence electrons. The molecule has 1 fully saturated rings. The Kier molecular flexibility index (Phi) is 4.12. The van der Waals surface area contributed by atoms with Crippen molar-refractivity contribution < 1.29 is 4.79 Å². The lowest BCUT2D eigenvalue weighted by atomic mass is 10.0. The number of hydrogen-bond acceptors (Lipinski definition) is 3. The maximum absolute atomic E-state index is 12.3. The van der Waals surface area contributed by atoms with Crippen LogP contribution in [0.25, 0.3) is 0 Å². The largest absolute Gasteiger partial charge is 0.338 e. The van der Waals surface area contributed by atoms with E-state index in [4.69, 9.17) is 5.73 Å². The molecule has 1 heterocycles. The van der Waals surface area contributed by atoms with Crippen LogP contribution in [0, 0.1) is 0 Å². The minimum Gasteiger partial charge on any atom is -0.338 e. The third-order valence-corrected chi connectivity index (χ3v) is 3.98. The fourth-order valence-electron chi connectivity index (χ4n) is 1.95. The number of likely N-dealkylation sites (tertiary alicyclic amines) is 1. The normalized spacial score (nSPS) is 17.2. The van der Waals surface area contributed by atoms with Gasteiger partial charge in [-0.1, -0.05) is 0 Å². The number of carbonyl (C=O) groups excluding carboxylic acids is 1. The molecule has 1 saturated heterocycles. The first-order valence-corrected chi connectivity index (χ1v) is 6.85. The van der Waals surface area contributed by atoms with Crippen molar-refractivity contribution in [3.63, 3.8) is 0 Å². The molecule has 0 unspecified atom stereocenters. The van der Waals surface area contributed by atoms with Crippen LogP contribution in [-0.2, 0) is 0 Å². The molecular weight excluding hydrogens is 300 g/mol. The number of amides is 1. The van der Waals surface area contributed by atoms with Gasteiger partial charge in [0.05, 0.1) is 5.56 Å². The van der Waals surface area contributed by atoms with Crippen molar-refractivity contribution >= 4 is 34.5 Å². The third kappa shape index (κ3) is 3.03. The number of thiol groups is 1. The van der Waals surface area contributed by atoms with Gasteiger partial charge in [-0.15, -0.1) is 12.6 Å². The molecule has 1 aromatic carbocycles. The summed E-state index contributed by atoms with van der Waals surface area (Å²) in [4.78, 5) is 15.0. The van der Waals surface area contributed by atoms with Gasteiger partial charge in [0.25, 0.3) is 5.91 Å². The average molecular weight is 315 g/mol. The quantitative estimate of drug-likeness (QED) is 0.781. The van der Waals surface area contributed by atoms with E-state index < -0.39 is 0 Å². The summed E-state index contributed by atoms with van der Waals surface area (Å²) in [5.41, 5.74) is 6.50. The summed E-state index contributed by atoms with van der Waals surface area (Å²) in [5.74, 6) is 0.0553. The Morgan fingerprint density at radius 1 is 1.41 bits per heavy atom. The monoisotopic (exact) mass is 314 g/mol. The molecule has 2 rings (SSSR count). The highest BCUT2D eigenvalue weighted by Gasteiger charge is 2.23. The molecule has 0 atom stereocenters. The molecule has 5 heteroatoms. The van der Waals surface area contributed by atoms with Gasteiger partial charge in [-0.05, 0) is 47.0 Å². The van der Waals surface area contributed by atoms with Gasteiger partial charge in [0.2, 0.25) is 0 Å².